The number of aromatic nitrogens is 2. The molecular weight excluding hydrogens is 290 g/mol. The molecule has 0 saturated carbocycles. The van der Waals surface area contributed by atoms with Crippen LogP contribution < -0.4 is 0 Å². The molecule has 1 aromatic rings. The van der Waals surface area contributed by atoms with Gasteiger partial charge in [0.05, 0.1) is 5.69 Å². The number of hydrogen-bond acceptors (Lipinski definition) is 4. The minimum atomic E-state index is 0.0429. The second-order valence-electron chi connectivity index (χ2n) is 3.68. The molecule has 0 N–H and O–H groups in total. The van der Waals surface area contributed by atoms with Gasteiger partial charge in [-0.15, -0.1) is 5.10 Å². The first-order valence-corrected chi connectivity index (χ1v) is 7.19. The Hall–Kier alpha value is -0.490. The molecule has 1 heterocycles. The van der Waals surface area contributed by atoms with Crippen molar-refractivity contribution in [1.29, 1.82) is 0 Å². The molecule has 0 spiro atoms. The molecule has 0 atom stereocenters. The topological polar surface area (TPSA) is 46.1 Å². The molecule has 0 aliphatic heterocycles. The average Bonchev–Trinajstić information content (AvgIpc) is 2.72. The van der Waals surface area contributed by atoms with Crippen LogP contribution in [-0.2, 0) is 6.42 Å². The summed E-state index contributed by atoms with van der Waals surface area (Å²) in [5.41, 5.74) is 0.801. The molecule has 0 bridgehead atoms. The normalized spacial score (nSPS) is 10.8. The Morgan fingerprint density at radius 1 is 1.56 bits per heavy atom. The fourth-order valence-corrected chi connectivity index (χ4v) is 2.51. The molecule has 0 fully saturated rings. The lowest BCUT2D eigenvalue weighted by atomic mass is 10.2. The van der Waals surface area contributed by atoms with E-state index in [1.165, 1.54) is 11.5 Å². The second kappa shape index (κ2) is 6.30. The highest BCUT2D eigenvalue weighted by molar-refractivity contribution is 9.09. The van der Waals surface area contributed by atoms with Crippen molar-refractivity contribution in [3.63, 3.8) is 0 Å². The molecule has 1 aromatic heterocycles. The van der Waals surface area contributed by atoms with Gasteiger partial charge in [0.15, 0.2) is 0 Å². The number of nitrogens with zero attached hydrogens (tertiary/aromatic N) is 3. The molecule has 4 nitrogen and oxygen atoms in total. The van der Waals surface area contributed by atoms with E-state index in [2.05, 4.69) is 25.5 Å². The summed E-state index contributed by atoms with van der Waals surface area (Å²) >= 11 is 4.55. The van der Waals surface area contributed by atoms with Crippen LogP contribution in [0.4, 0.5) is 0 Å². The van der Waals surface area contributed by atoms with Crippen LogP contribution in [-0.4, -0.2) is 38.3 Å². The molecule has 0 radical (unpaired) electrons. The van der Waals surface area contributed by atoms with Gasteiger partial charge in [0.1, 0.15) is 4.88 Å². The van der Waals surface area contributed by atoms with Crippen LogP contribution in [0.25, 0.3) is 0 Å². The summed E-state index contributed by atoms with van der Waals surface area (Å²) in [5.74, 6) is 0.0429. The minimum Gasteiger partial charge on any atom is -0.335 e. The van der Waals surface area contributed by atoms with Gasteiger partial charge in [-0.3, -0.25) is 4.79 Å². The van der Waals surface area contributed by atoms with Gasteiger partial charge in [0.2, 0.25) is 0 Å². The van der Waals surface area contributed by atoms with Gasteiger partial charge >= 0.3 is 0 Å². The largest absolute Gasteiger partial charge is 0.335 e. The predicted octanol–water partition coefficient (Wildman–Crippen LogP) is 2.35. The predicted molar refractivity (Wildman–Crippen MR) is 69.3 cm³/mol. The van der Waals surface area contributed by atoms with Crippen molar-refractivity contribution in [3.8, 4) is 0 Å². The number of halogens is 1. The van der Waals surface area contributed by atoms with Crippen LogP contribution in [0, 0.1) is 0 Å². The van der Waals surface area contributed by atoms with Crippen molar-refractivity contribution in [2.24, 2.45) is 0 Å². The third-order valence-corrected chi connectivity index (χ3v) is 3.41. The average molecular weight is 306 g/mol. The minimum absolute atomic E-state index is 0.0429. The number of carbonyl (C=O) groups is 1. The molecule has 0 aromatic carbocycles. The maximum Gasteiger partial charge on any atom is 0.267 e. The number of amides is 1. The van der Waals surface area contributed by atoms with E-state index in [1.54, 1.807) is 0 Å². The standard InChI is InChI=1S/C10H16BrN3OS/c1-4-8-9(16-13-12-8)10(15)14(6-5-11)7(2)3/h7H,4-6H2,1-3H3. The van der Waals surface area contributed by atoms with Gasteiger partial charge in [0.25, 0.3) is 5.91 Å². The van der Waals surface area contributed by atoms with Crippen LogP contribution in [0.3, 0.4) is 0 Å². The van der Waals surface area contributed by atoms with Gasteiger partial charge in [-0.05, 0) is 31.8 Å². The van der Waals surface area contributed by atoms with E-state index in [-0.39, 0.29) is 11.9 Å². The fraction of sp³-hybridized carbons (Fsp3) is 0.700. The third-order valence-electron chi connectivity index (χ3n) is 2.29. The number of aryl methyl sites for hydroxylation is 1. The van der Waals surface area contributed by atoms with E-state index < -0.39 is 0 Å². The van der Waals surface area contributed by atoms with E-state index >= 15 is 0 Å². The van der Waals surface area contributed by atoms with Gasteiger partial charge in [-0.1, -0.05) is 27.3 Å². The van der Waals surface area contributed by atoms with Gasteiger partial charge in [0, 0.05) is 17.9 Å². The zero-order valence-electron chi connectivity index (χ0n) is 9.73. The lowest BCUT2D eigenvalue weighted by molar-refractivity contribution is 0.0723. The zero-order valence-corrected chi connectivity index (χ0v) is 12.1. The van der Waals surface area contributed by atoms with Crippen LogP contribution in [0.5, 0.6) is 0 Å². The highest BCUT2D eigenvalue weighted by Gasteiger charge is 2.22. The lowest BCUT2D eigenvalue weighted by Gasteiger charge is -2.25. The molecule has 0 saturated heterocycles. The van der Waals surface area contributed by atoms with Crippen molar-refractivity contribution in [2.75, 3.05) is 11.9 Å². The quantitative estimate of drug-likeness (QED) is 0.785. The number of carbonyl (C=O) groups excluding carboxylic acids is 1. The summed E-state index contributed by atoms with van der Waals surface area (Å²) in [5, 5.41) is 4.75. The van der Waals surface area contributed by atoms with E-state index in [1.807, 2.05) is 25.7 Å². The Kier molecular flexibility index (Phi) is 5.34. The number of alkyl halides is 1. The van der Waals surface area contributed by atoms with Crippen LogP contribution in [0.15, 0.2) is 0 Å². The van der Waals surface area contributed by atoms with Crippen molar-refractivity contribution < 1.29 is 4.79 Å². The van der Waals surface area contributed by atoms with Crippen LogP contribution in [0.1, 0.15) is 36.1 Å². The second-order valence-corrected chi connectivity index (χ2v) is 5.23. The summed E-state index contributed by atoms with van der Waals surface area (Å²) in [6.07, 6.45) is 0.748. The monoisotopic (exact) mass is 305 g/mol. The third kappa shape index (κ3) is 3.01. The Bertz CT molecular complexity index is 354. The summed E-state index contributed by atoms with van der Waals surface area (Å²) in [6, 6.07) is 0.192. The fourth-order valence-electron chi connectivity index (χ4n) is 1.42. The van der Waals surface area contributed by atoms with E-state index in [4.69, 9.17) is 0 Å². The van der Waals surface area contributed by atoms with Crippen molar-refractivity contribution in [3.05, 3.63) is 10.6 Å². The first-order valence-electron chi connectivity index (χ1n) is 5.30. The molecule has 90 valence electrons. The zero-order chi connectivity index (χ0) is 12.1. The molecule has 16 heavy (non-hydrogen) atoms. The molecule has 1 amide bonds. The Balaban J connectivity index is 2.90. The van der Waals surface area contributed by atoms with E-state index in [0.29, 0.717) is 11.4 Å². The van der Waals surface area contributed by atoms with Gasteiger partial charge in [-0.25, -0.2) is 0 Å². The van der Waals surface area contributed by atoms with Crippen LogP contribution in [0.2, 0.25) is 0 Å². The maximum atomic E-state index is 12.3. The number of rotatable bonds is 5. The van der Waals surface area contributed by atoms with E-state index in [0.717, 1.165) is 17.4 Å². The molecule has 0 unspecified atom stereocenters. The Labute approximate surface area is 108 Å². The molecule has 0 aliphatic rings. The van der Waals surface area contributed by atoms with Crippen molar-refractivity contribution >= 4 is 33.4 Å². The summed E-state index contributed by atoms with van der Waals surface area (Å²) in [6.45, 7) is 6.72. The van der Waals surface area contributed by atoms with E-state index in [9.17, 15) is 4.79 Å². The molecular formula is C10H16BrN3OS. The highest BCUT2D eigenvalue weighted by Crippen LogP contribution is 2.16. The number of hydrogen-bond donors (Lipinski definition) is 0. The first kappa shape index (κ1) is 13.6. The summed E-state index contributed by atoms with van der Waals surface area (Å²) < 4.78 is 3.85. The molecule has 1 rings (SSSR count). The van der Waals surface area contributed by atoms with Crippen LogP contribution >= 0.6 is 27.5 Å². The van der Waals surface area contributed by atoms with Crippen molar-refractivity contribution in [2.45, 2.75) is 33.2 Å². The van der Waals surface area contributed by atoms with Gasteiger partial charge < -0.3 is 4.90 Å². The summed E-state index contributed by atoms with van der Waals surface area (Å²) in [4.78, 5) is 14.8. The smallest absolute Gasteiger partial charge is 0.267 e. The maximum absolute atomic E-state index is 12.3. The molecule has 6 heteroatoms. The Morgan fingerprint density at radius 2 is 2.25 bits per heavy atom. The van der Waals surface area contributed by atoms with Crippen molar-refractivity contribution in [1.82, 2.24) is 14.5 Å². The Morgan fingerprint density at radius 3 is 2.75 bits per heavy atom. The highest BCUT2D eigenvalue weighted by atomic mass is 79.9. The van der Waals surface area contributed by atoms with Gasteiger partial charge in [-0.2, -0.15) is 0 Å². The summed E-state index contributed by atoms with van der Waals surface area (Å²) in [7, 11) is 0. The first-order chi connectivity index (χ1) is 7.61. The lowest BCUT2D eigenvalue weighted by Crippen LogP contribution is -2.38. The SMILES string of the molecule is CCc1nnsc1C(=O)N(CCBr)C(C)C. The molecule has 0 aliphatic carbocycles.